The molecular weight excluding hydrogens is 254 g/mol. The first-order valence-electron chi connectivity index (χ1n) is 6.51. The van der Waals surface area contributed by atoms with Gasteiger partial charge in [0.25, 0.3) is 0 Å². The van der Waals surface area contributed by atoms with E-state index in [9.17, 15) is 13.9 Å². The molecule has 1 aromatic carbocycles. The molecule has 0 bridgehead atoms. The Labute approximate surface area is 111 Å². The highest BCUT2D eigenvalue weighted by atomic mass is 19.3. The highest BCUT2D eigenvalue weighted by Gasteiger charge is 2.27. The molecular formula is C14H18F2O3. The molecule has 1 fully saturated rings. The van der Waals surface area contributed by atoms with Gasteiger partial charge in [0.1, 0.15) is 0 Å². The third kappa shape index (κ3) is 3.35. The predicted octanol–water partition coefficient (Wildman–Crippen LogP) is 3.52. The summed E-state index contributed by atoms with van der Waals surface area (Å²) >= 11 is 0. The van der Waals surface area contributed by atoms with E-state index in [4.69, 9.17) is 4.74 Å². The van der Waals surface area contributed by atoms with Gasteiger partial charge in [0.2, 0.25) is 0 Å². The highest BCUT2D eigenvalue weighted by molar-refractivity contribution is 5.43. The largest absolute Gasteiger partial charge is 0.490 e. The number of aliphatic hydroxyl groups is 1. The lowest BCUT2D eigenvalue weighted by Crippen LogP contribution is -2.20. The number of alkyl halides is 2. The van der Waals surface area contributed by atoms with Crippen LogP contribution < -0.4 is 9.47 Å². The number of hydrogen-bond donors (Lipinski definition) is 1. The fraction of sp³-hybridized carbons (Fsp3) is 0.571. The lowest BCUT2D eigenvalue weighted by atomic mass is 9.79. The zero-order valence-corrected chi connectivity index (χ0v) is 10.8. The van der Waals surface area contributed by atoms with Crippen molar-refractivity contribution in [3.8, 4) is 11.5 Å². The van der Waals surface area contributed by atoms with Gasteiger partial charge in [-0.15, -0.1) is 0 Å². The van der Waals surface area contributed by atoms with Gasteiger partial charge < -0.3 is 14.6 Å². The quantitative estimate of drug-likeness (QED) is 0.861. The van der Waals surface area contributed by atoms with Crippen LogP contribution in [0.25, 0.3) is 0 Å². The zero-order valence-electron chi connectivity index (χ0n) is 10.8. The first kappa shape index (κ1) is 14.1. The van der Waals surface area contributed by atoms with Gasteiger partial charge in [0.05, 0.1) is 12.7 Å². The molecule has 3 nitrogen and oxygen atoms in total. The van der Waals surface area contributed by atoms with Gasteiger partial charge in [0, 0.05) is 0 Å². The minimum atomic E-state index is -2.89. The number of hydrogen-bond acceptors (Lipinski definition) is 3. The van der Waals surface area contributed by atoms with E-state index in [1.54, 1.807) is 19.1 Å². The van der Waals surface area contributed by atoms with Gasteiger partial charge in [-0.3, -0.25) is 0 Å². The molecule has 106 valence electrons. The molecule has 5 heteroatoms. The molecule has 1 aliphatic carbocycles. The minimum absolute atomic E-state index is 0.00131. The van der Waals surface area contributed by atoms with Crippen molar-refractivity contribution in [3.63, 3.8) is 0 Å². The van der Waals surface area contributed by atoms with E-state index in [1.807, 2.05) is 0 Å². The van der Waals surface area contributed by atoms with Crippen molar-refractivity contribution < 1.29 is 23.4 Å². The molecule has 1 saturated carbocycles. The Morgan fingerprint density at radius 1 is 1.32 bits per heavy atom. The number of rotatable bonds is 6. The van der Waals surface area contributed by atoms with Crippen molar-refractivity contribution in [2.24, 2.45) is 5.92 Å². The third-order valence-corrected chi connectivity index (χ3v) is 3.42. The zero-order chi connectivity index (χ0) is 13.8. The van der Waals surface area contributed by atoms with Crippen molar-refractivity contribution in [3.05, 3.63) is 23.8 Å². The van der Waals surface area contributed by atoms with E-state index in [0.717, 1.165) is 19.3 Å². The Bertz CT molecular complexity index is 419. The van der Waals surface area contributed by atoms with Crippen molar-refractivity contribution in [1.82, 2.24) is 0 Å². The monoisotopic (exact) mass is 272 g/mol. The predicted molar refractivity (Wildman–Crippen MR) is 66.5 cm³/mol. The topological polar surface area (TPSA) is 38.7 Å². The fourth-order valence-corrected chi connectivity index (χ4v) is 2.20. The molecule has 1 aliphatic rings. The second-order valence-corrected chi connectivity index (χ2v) is 4.65. The Hall–Kier alpha value is -1.36. The van der Waals surface area contributed by atoms with Crippen LogP contribution in [-0.4, -0.2) is 18.3 Å². The normalized spacial score (nSPS) is 17.1. The summed E-state index contributed by atoms with van der Waals surface area (Å²) in [5.74, 6) is 0.511. The molecule has 1 atom stereocenters. The van der Waals surface area contributed by atoms with Crippen LogP contribution in [-0.2, 0) is 0 Å². The van der Waals surface area contributed by atoms with E-state index in [2.05, 4.69) is 4.74 Å². The Balaban J connectivity index is 2.19. The second kappa shape index (κ2) is 6.19. The fourth-order valence-electron chi connectivity index (χ4n) is 2.20. The van der Waals surface area contributed by atoms with Crippen LogP contribution in [0.4, 0.5) is 8.78 Å². The maximum Gasteiger partial charge on any atom is 0.387 e. The van der Waals surface area contributed by atoms with Crippen LogP contribution in [0.3, 0.4) is 0 Å². The average molecular weight is 272 g/mol. The van der Waals surface area contributed by atoms with E-state index >= 15 is 0 Å². The van der Waals surface area contributed by atoms with E-state index < -0.39 is 12.7 Å². The Morgan fingerprint density at radius 2 is 2.05 bits per heavy atom. The van der Waals surface area contributed by atoms with E-state index in [0.29, 0.717) is 12.2 Å². The Kier molecular flexibility index (Phi) is 4.58. The van der Waals surface area contributed by atoms with Crippen LogP contribution in [0.1, 0.15) is 37.9 Å². The van der Waals surface area contributed by atoms with Crippen LogP contribution >= 0.6 is 0 Å². The van der Waals surface area contributed by atoms with Gasteiger partial charge in [-0.05, 0) is 43.4 Å². The van der Waals surface area contributed by atoms with E-state index in [-0.39, 0.29) is 17.4 Å². The maximum absolute atomic E-state index is 12.3. The van der Waals surface area contributed by atoms with Crippen molar-refractivity contribution >= 4 is 0 Å². The van der Waals surface area contributed by atoms with Crippen LogP contribution in [0.5, 0.6) is 11.5 Å². The maximum atomic E-state index is 12.3. The van der Waals surface area contributed by atoms with Crippen molar-refractivity contribution in [1.29, 1.82) is 0 Å². The molecule has 0 radical (unpaired) electrons. The third-order valence-electron chi connectivity index (χ3n) is 3.42. The molecule has 1 unspecified atom stereocenters. The second-order valence-electron chi connectivity index (χ2n) is 4.65. The molecule has 1 N–H and O–H groups in total. The standard InChI is InChI=1S/C14H18F2O3/c1-2-18-12-8-10(13(17)9-4-3-5-9)6-7-11(12)19-14(15)16/h6-9,13-14,17H,2-5H2,1H3. The number of ether oxygens (including phenoxy) is 2. The molecule has 0 heterocycles. The smallest absolute Gasteiger partial charge is 0.387 e. The summed E-state index contributed by atoms with van der Waals surface area (Å²) in [7, 11) is 0. The summed E-state index contributed by atoms with van der Waals surface area (Å²) < 4.78 is 34.2. The van der Waals surface area contributed by atoms with Gasteiger partial charge in [-0.1, -0.05) is 12.5 Å². The average Bonchev–Trinajstić information content (AvgIpc) is 2.28. The van der Waals surface area contributed by atoms with Crippen molar-refractivity contribution in [2.45, 2.75) is 38.9 Å². The van der Waals surface area contributed by atoms with Gasteiger partial charge in [-0.25, -0.2) is 0 Å². The van der Waals surface area contributed by atoms with E-state index in [1.165, 1.54) is 6.07 Å². The summed E-state index contributed by atoms with van der Waals surface area (Å²) in [4.78, 5) is 0. The molecule has 1 aromatic rings. The van der Waals surface area contributed by atoms with Gasteiger partial charge >= 0.3 is 6.61 Å². The molecule has 19 heavy (non-hydrogen) atoms. The number of halogens is 2. The molecule has 0 spiro atoms. The molecule has 2 rings (SSSR count). The summed E-state index contributed by atoms with van der Waals surface area (Å²) in [6.45, 7) is -0.773. The van der Waals surface area contributed by atoms with Gasteiger partial charge in [0.15, 0.2) is 11.5 Å². The highest BCUT2D eigenvalue weighted by Crippen LogP contribution is 2.40. The lowest BCUT2D eigenvalue weighted by molar-refractivity contribution is -0.0515. The van der Waals surface area contributed by atoms with Crippen LogP contribution in [0, 0.1) is 5.92 Å². The lowest BCUT2D eigenvalue weighted by Gasteiger charge is -2.30. The number of aliphatic hydroxyl groups excluding tert-OH is 1. The SMILES string of the molecule is CCOc1cc(C(O)C2CCC2)ccc1OC(F)F. The summed E-state index contributed by atoms with van der Waals surface area (Å²) in [5, 5.41) is 10.2. The van der Waals surface area contributed by atoms with Crippen LogP contribution in [0.15, 0.2) is 18.2 Å². The number of benzene rings is 1. The first-order chi connectivity index (χ1) is 9.11. The molecule has 0 amide bonds. The summed E-state index contributed by atoms with van der Waals surface area (Å²) in [6.07, 6.45) is 2.57. The minimum Gasteiger partial charge on any atom is -0.490 e. The van der Waals surface area contributed by atoms with Gasteiger partial charge in [-0.2, -0.15) is 8.78 Å². The molecule has 0 saturated heterocycles. The van der Waals surface area contributed by atoms with Crippen LogP contribution in [0.2, 0.25) is 0 Å². The summed E-state index contributed by atoms with van der Waals surface area (Å²) in [6, 6.07) is 4.63. The summed E-state index contributed by atoms with van der Waals surface area (Å²) in [5.41, 5.74) is 0.690. The Morgan fingerprint density at radius 3 is 2.58 bits per heavy atom. The molecule has 0 aromatic heterocycles. The van der Waals surface area contributed by atoms with Crippen molar-refractivity contribution in [2.75, 3.05) is 6.61 Å². The first-order valence-corrected chi connectivity index (χ1v) is 6.51. The molecule has 0 aliphatic heterocycles.